The number of anilines is 1. The third-order valence-electron chi connectivity index (χ3n) is 4.61. The molecule has 0 saturated heterocycles. The van der Waals surface area contributed by atoms with Crippen molar-refractivity contribution < 1.29 is 4.79 Å². The molecule has 110 valence electrons. The maximum absolute atomic E-state index is 13.0. The molecule has 0 aromatic carbocycles. The highest BCUT2D eigenvalue weighted by Crippen LogP contribution is 2.29. The maximum atomic E-state index is 13.0. The summed E-state index contributed by atoms with van der Waals surface area (Å²) in [6.45, 7) is 0.747. The van der Waals surface area contributed by atoms with Gasteiger partial charge in [-0.1, -0.05) is 0 Å². The highest BCUT2D eigenvalue weighted by molar-refractivity contribution is 6.06. The summed E-state index contributed by atoms with van der Waals surface area (Å²) >= 11 is 0. The Morgan fingerprint density at radius 1 is 1.24 bits per heavy atom. The number of amides is 1. The second-order valence-electron chi connectivity index (χ2n) is 5.90. The molecule has 0 radical (unpaired) electrons. The molecule has 0 unspecified atom stereocenters. The summed E-state index contributed by atoms with van der Waals surface area (Å²) in [5, 5.41) is 11.6. The Balaban J connectivity index is 1.74. The molecule has 0 fully saturated rings. The molecule has 1 aliphatic carbocycles. The Labute approximate surface area is 123 Å². The van der Waals surface area contributed by atoms with E-state index >= 15 is 0 Å². The minimum absolute atomic E-state index is 0.0242. The van der Waals surface area contributed by atoms with Crippen molar-refractivity contribution in [3.05, 3.63) is 28.8 Å². The van der Waals surface area contributed by atoms with Crippen molar-refractivity contribution in [3.8, 4) is 0 Å². The molecule has 0 spiro atoms. The van der Waals surface area contributed by atoms with Crippen molar-refractivity contribution in [2.75, 3.05) is 11.4 Å². The van der Waals surface area contributed by atoms with E-state index in [-0.39, 0.29) is 5.91 Å². The van der Waals surface area contributed by atoms with Gasteiger partial charge in [-0.3, -0.25) is 14.6 Å². The zero-order valence-electron chi connectivity index (χ0n) is 12.2. The molecule has 3 heterocycles. The Hall–Kier alpha value is -2.11. The van der Waals surface area contributed by atoms with E-state index in [2.05, 4.69) is 15.3 Å². The van der Waals surface area contributed by atoms with Crippen LogP contribution in [0.5, 0.6) is 0 Å². The number of fused-ring (bicyclic) bond motifs is 2. The molecular formula is C15H19N5O. The van der Waals surface area contributed by atoms with Crippen LogP contribution in [-0.4, -0.2) is 32.4 Å². The van der Waals surface area contributed by atoms with Crippen LogP contribution < -0.4 is 4.90 Å². The predicted molar refractivity (Wildman–Crippen MR) is 78.4 cm³/mol. The van der Waals surface area contributed by atoms with Crippen molar-refractivity contribution in [2.45, 2.75) is 38.5 Å². The third-order valence-corrected chi connectivity index (χ3v) is 4.61. The fourth-order valence-corrected chi connectivity index (χ4v) is 3.54. The minimum Gasteiger partial charge on any atom is -0.304 e. The minimum atomic E-state index is 0.0242. The van der Waals surface area contributed by atoms with Gasteiger partial charge in [0.15, 0.2) is 5.69 Å². The van der Waals surface area contributed by atoms with Crippen molar-refractivity contribution >= 4 is 11.6 Å². The van der Waals surface area contributed by atoms with Crippen LogP contribution in [0.1, 0.15) is 46.7 Å². The van der Waals surface area contributed by atoms with Gasteiger partial charge in [0.05, 0.1) is 17.6 Å². The van der Waals surface area contributed by atoms with Crippen molar-refractivity contribution in [3.63, 3.8) is 0 Å². The summed E-state index contributed by atoms with van der Waals surface area (Å²) < 4.78 is 1.89. The van der Waals surface area contributed by atoms with Crippen LogP contribution in [0.3, 0.4) is 0 Å². The number of aromatic nitrogens is 4. The highest BCUT2D eigenvalue weighted by atomic mass is 16.2. The van der Waals surface area contributed by atoms with E-state index in [1.807, 2.05) is 16.6 Å². The van der Waals surface area contributed by atoms with E-state index in [4.69, 9.17) is 0 Å². The normalized spacial score (nSPS) is 17.5. The number of nitrogens with one attached hydrogen (secondary N) is 1. The van der Waals surface area contributed by atoms with E-state index < -0.39 is 0 Å². The second-order valence-corrected chi connectivity index (χ2v) is 5.90. The zero-order chi connectivity index (χ0) is 14.4. The Morgan fingerprint density at radius 2 is 2.10 bits per heavy atom. The highest BCUT2D eigenvalue weighted by Gasteiger charge is 2.30. The number of aromatic amines is 1. The van der Waals surface area contributed by atoms with Crippen LogP contribution in [0.25, 0.3) is 0 Å². The Morgan fingerprint density at radius 3 is 3.00 bits per heavy atom. The first-order valence-corrected chi connectivity index (χ1v) is 7.64. The fourth-order valence-electron chi connectivity index (χ4n) is 3.54. The molecule has 6 nitrogen and oxygen atoms in total. The number of nitrogens with zero attached hydrogens (tertiary/aromatic N) is 4. The molecule has 0 bridgehead atoms. The Kier molecular flexibility index (Phi) is 2.83. The number of aryl methyl sites for hydroxylation is 2. The molecule has 0 saturated carbocycles. The SMILES string of the molecule is Cn1nc(C(=O)N2CCCc3[nH]ncc32)c2c1CCCC2. The molecule has 4 rings (SSSR count). The van der Waals surface area contributed by atoms with Gasteiger partial charge in [-0.2, -0.15) is 10.2 Å². The summed E-state index contributed by atoms with van der Waals surface area (Å²) in [5.41, 5.74) is 5.00. The van der Waals surface area contributed by atoms with Gasteiger partial charge in [-0.15, -0.1) is 0 Å². The number of rotatable bonds is 1. The summed E-state index contributed by atoms with van der Waals surface area (Å²) in [7, 11) is 1.94. The Bertz CT molecular complexity index is 699. The molecule has 1 N–H and O–H groups in total. The smallest absolute Gasteiger partial charge is 0.279 e. The van der Waals surface area contributed by atoms with Crippen LogP contribution >= 0.6 is 0 Å². The summed E-state index contributed by atoms with van der Waals surface area (Å²) in [6, 6.07) is 0. The van der Waals surface area contributed by atoms with E-state index in [9.17, 15) is 4.79 Å². The van der Waals surface area contributed by atoms with Gasteiger partial charge in [0.1, 0.15) is 0 Å². The zero-order valence-corrected chi connectivity index (χ0v) is 12.2. The molecule has 6 heteroatoms. The summed E-state index contributed by atoms with van der Waals surface area (Å²) in [5.74, 6) is 0.0242. The number of hydrogen-bond donors (Lipinski definition) is 1. The largest absolute Gasteiger partial charge is 0.304 e. The van der Waals surface area contributed by atoms with Gasteiger partial charge >= 0.3 is 0 Å². The first-order valence-electron chi connectivity index (χ1n) is 7.64. The second kappa shape index (κ2) is 4.72. The van der Waals surface area contributed by atoms with Gasteiger partial charge in [0.25, 0.3) is 5.91 Å². The molecule has 1 amide bonds. The number of hydrogen-bond acceptors (Lipinski definition) is 3. The summed E-state index contributed by atoms with van der Waals surface area (Å²) in [4.78, 5) is 14.8. The monoisotopic (exact) mass is 285 g/mol. The maximum Gasteiger partial charge on any atom is 0.279 e. The summed E-state index contributed by atoms with van der Waals surface area (Å²) in [6.07, 6.45) is 8.02. The van der Waals surface area contributed by atoms with E-state index in [1.54, 1.807) is 6.20 Å². The predicted octanol–water partition coefficient (Wildman–Crippen LogP) is 1.61. The van der Waals surface area contributed by atoms with Crippen LogP contribution in [0.15, 0.2) is 6.20 Å². The first-order chi connectivity index (χ1) is 10.3. The lowest BCUT2D eigenvalue weighted by Crippen LogP contribution is -2.36. The van der Waals surface area contributed by atoms with E-state index in [0.717, 1.165) is 55.6 Å². The van der Waals surface area contributed by atoms with Crippen LogP contribution in [0.2, 0.25) is 0 Å². The van der Waals surface area contributed by atoms with Crippen LogP contribution in [0.4, 0.5) is 5.69 Å². The lowest BCUT2D eigenvalue weighted by molar-refractivity contribution is 0.0978. The number of H-pyrrole nitrogens is 1. The average Bonchev–Trinajstić information content (AvgIpc) is 3.11. The van der Waals surface area contributed by atoms with Gasteiger partial charge in [-0.05, 0) is 38.5 Å². The van der Waals surface area contributed by atoms with E-state index in [0.29, 0.717) is 5.69 Å². The lowest BCUT2D eigenvalue weighted by Gasteiger charge is -2.26. The van der Waals surface area contributed by atoms with E-state index in [1.165, 1.54) is 12.1 Å². The van der Waals surface area contributed by atoms with Crippen molar-refractivity contribution in [1.29, 1.82) is 0 Å². The molecule has 2 aliphatic rings. The first kappa shape index (κ1) is 12.6. The number of carbonyl (C=O) groups excluding carboxylic acids is 1. The number of carbonyl (C=O) groups is 1. The molecule has 2 aromatic heterocycles. The van der Waals surface area contributed by atoms with Crippen LogP contribution in [0, 0.1) is 0 Å². The molecule has 0 atom stereocenters. The van der Waals surface area contributed by atoms with Gasteiger partial charge in [-0.25, -0.2) is 0 Å². The topological polar surface area (TPSA) is 66.8 Å². The van der Waals surface area contributed by atoms with Crippen molar-refractivity contribution in [1.82, 2.24) is 20.0 Å². The lowest BCUT2D eigenvalue weighted by atomic mass is 9.95. The van der Waals surface area contributed by atoms with Gasteiger partial charge < -0.3 is 4.90 Å². The van der Waals surface area contributed by atoms with Gasteiger partial charge in [0.2, 0.25) is 0 Å². The molecule has 2 aromatic rings. The standard InChI is InChI=1S/C15H19N5O/c1-19-12-7-3-2-5-10(12)14(18-19)15(21)20-8-4-6-11-13(20)9-16-17-11/h9H,2-8H2,1H3,(H,16,17). The molecule has 1 aliphatic heterocycles. The van der Waals surface area contributed by atoms with Crippen molar-refractivity contribution in [2.24, 2.45) is 7.05 Å². The third kappa shape index (κ3) is 1.89. The van der Waals surface area contributed by atoms with Gasteiger partial charge in [0, 0.05) is 24.8 Å². The average molecular weight is 285 g/mol. The molecule has 21 heavy (non-hydrogen) atoms. The quantitative estimate of drug-likeness (QED) is 0.865. The van der Waals surface area contributed by atoms with Crippen LogP contribution in [-0.2, 0) is 26.3 Å². The molecular weight excluding hydrogens is 266 g/mol. The fraction of sp³-hybridized carbons (Fsp3) is 0.533.